The molecule has 1 amide bonds. The number of aryl methyl sites for hydroxylation is 1. The predicted octanol–water partition coefficient (Wildman–Crippen LogP) is -0.146. The summed E-state index contributed by atoms with van der Waals surface area (Å²) in [5.41, 5.74) is 0.656. The summed E-state index contributed by atoms with van der Waals surface area (Å²) in [6.45, 7) is 4.56. The molecule has 1 aliphatic heterocycles. The minimum absolute atomic E-state index is 0.0731. The highest BCUT2D eigenvalue weighted by atomic mass is 16.2. The van der Waals surface area contributed by atoms with Gasteiger partial charge in [-0.15, -0.1) is 0 Å². The molecule has 0 saturated carbocycles. The summed E-state index contributed by atoms with van der Waals surface area (Å²) in [7, 11) is 1.79. The molecular weight excluding hydrogens is 192 g/mol. The lowest BCUT2D eigenvalue weighted by Crippen LogP contribution is -2.52. The van der Waals surface area contributed by atoms with Crippen LogP contribution in [0.15, 0.2) is 12.3 Å². The van der Waals surface area contributed by atoms with Crippen LogP contribution in [-0.2, 0) is 7.05 Å². The lowest BCUT2D eigenvalue weighted by atomic mass is 10.2. The Hall–Kier alpha value is -1.36. The van der Waals surface area contributed by atoms with E-state index in [4.69, 9.17) is 0 Å². The zero-order valence-corrected chi connectivity index (χ0v) is 9.10. The molecule has 2 rings (SSSR count). The smallest absolute Gasteiger partial charge is 0.272 e. The Morgan fingerprint density at radius 1 is 1.67 bits per heavy atom. The van der Waals surface area contributed by atoms with E-state index in [1.165, 1.54) is 0 Å². The van der Waals surface area contributed by atoms with Crippen molar-refractivity contribution >= 4 is 5.91 Å². The first-order chi connectivity index (χ1) is 7.20. The van der Waals surface area contributed by atoms with Crippen LogP contribution in [-0.4, -0.2) is 46.3 Å². The van der Waals surface area contributed by atoms with Crippen LogP contribution in [0.2, 0.25) is 0 Å². The summed E-state index contributed by atoms with van der Waals surface area (Å²) in [5.74, 6) is 0.0731. The molecule has 0 radical (unpaired) electrons. The molecule has 82 valence electrons. The Morgan fingerprint density at radius 2 is 2.47 bits per heavy atom. The molecule has 2 heterocycles. The summed E-state index contributed by atoms with van der Waals surface area (Å²) in [6, 6.07) is 2.01. The van der Waals surface area contributed by atoms with Gasteiger partial charge in [0.1, 0.15) is 5.69 Å². The van der Waals surface area contributed by atoms with Gasteiger partial charge in [0.25, 0.3) is 5.91 Å². The Morgan fingerprint density at radius 3 is 3.07 bits per heavy atom. The fourth-order valence-corrected chi connectivity index (χ4v) is 1.87. The average molecular weight is 208 g/mol. The van der Waals surface area contributed by atoms with Crippen LogP contribution in [0.25, 0.3) is 0 Å². The molecule has 0 bridgehead atoms. The van der Waals surface area contributed by atoms with Gasteiger partial charge in [-0.3, -0.25) is 9.48 Å². The van der Waals surface area contributed by atoms with Crippen LogP contribution in [0, 0.1) is 0 Å². The number of aromatic nitrogens is 2. The fourth-order valence-electron chi connectivity index (χ4n) is 1.87. The van der Waals surface area contributed by atoms with Crippen molar-refractivity contribution in [1.29, 1.82) is 0 Å². The third-order valence-corrected chi connectivity index (χ3v) is 2.80. The van der Waals surface area contributed by atoms with E-state index in [1.54, 1.807) is 24.0 Å². The SMILES string of the molecule is C[C@H]1CNCCN1C(=O)c1ccnn1C. The van der Waals surface area contributed by atoms with E-state index in [2.05, 4.69) is 17.3 Å². The van der Waals surface area contributed by atoms with Gasteiger partial charge in [-0.05, 0) is 13.0 Å². The van der Waals surface area contributed by atoms with Crippen LogP contribution < -0.4 is 5.32 Å². The van der Waals surface area contributed by atoms with E-state index in [1.807, 2.05) is 4.90 Å². The zero-order chi connectivity index (χ0) is 10.8. The Kier molecular flexibility index (Phi) is 2.73. The van der Waals surface area contributed by atoms with E-state index in [9.17, 15) is 4.79 Å². The molecule has 1 aliphatic rings. The summed E-state index contributed by atoms with van der Waals surface area (Å²) < 4.78 is 1.62. The molecule has 1 atom stereocenters. The summed E-state index contributed by atoms with van der Waals surface area (Å²) in [4.78, 5) is 14.0. The van der Waals surface area contributed by atoms with E-state index < -0.39 is 0 Å². The standard InChI is InChI=1S/C10H16N4O/c1-8-7-11-5-6-14(8)10(15)9-3-4-12-13(9)2/h3-4,8,11H,5-7H2,1-2H3/t8-/m0/s1. The van der Waals surface area contributed by atoms with Gasteiger partial charge in [-0.1, -0.05) is 0 Å². The number of carbonyl (C=O) groups excluding carboxylic acids is 1. The van der Waals surface area contributed by atoms with Crippen LogP contribution in [0.5, 0.6) is 0 Å². The van der Waals surface area contributed by atoms with Crippen LogP contribution in [0.4, 0.5) is 0 Å². The highest BCUT2D eigenvalue weighted by Crippen LogP contribution is 2.09. The predicted molar refractivity (Wildman–Crippen MR) is 56.6 cm³/mol. The normalized spacial score (nSPS) is 21.7. The Balaban J connectivity index is 2.17. The second kappa shape index (κ2) is 4.02. The minimum Gasteiger partial charge on any atom is -0.332 e. The number of carbonyl (C=O) groups is 1. The molecule has 0 spiro atoms. The molecule has 0 unspecified atom stereocenters. The molecule has 1 saturated heterocycles. The first-order valence-corrected chi connectivity index (χ1v) is 5.20. The molecule has 1 aromatic rings. The number of hydrogen-bond acceptors (Lipinski definition) is 3. The van der Waals surface area contributed by atoms with Gasteiger partial charge >= 0.3 is 0 Å². The first-order valence-electron chi connectivity index (χ1n) is 5.20. The van der Waals surface area contributed by atoms with E-state index in [0.717, 1.165) is 19.6 Å². The van der Waals surface area contributed by atoms with Crippen LogP contribution in [0.1, 0.15) is 17.4 Å². The Bertz CT molecular complexity index is 360. The maximum absolute atomic E-state index is 12.1. The van der Waals surface area contributed by atoms with Gasteiger partial charge in [0.2, 0.25) is 0 Å². The molecule has 1 fully saturated rings. The van der Waals surface area contributed by atoms with Crippen molar-refractivity contribution in [2.24, 2.45) is 7.05 Å². The number of rotatable bonds is 1. The van der Waals surface area contributed by atoms with E-state index in [-0.39, 0.29) is 11.9 Å². The maximum Gasteiger partial charge on any atom is 0.272 e. The van der Waals surface area contributed by atoms with E-state index >= 15 is 0 Å². The summed E-state index contributed by atoms with van der Waals surface area (Å²) in [6.07, 6.45) is 1.65. The van der Waals surface area contributed by atoms with Gasteiger partial charge in [0, 0.05) is 38.9 Å². The van der Waals surface area contributed by atoms with Crippen molar-refractivity contribution in [3.05, 3.63) is 18.0 Å². The molecular formula is C10H16N4O. The van der Waals surface area contributed by atoms with Crippen molar-refractivity contribution in [3.8, 4) is 0 Å². The third kappa shape index (κ3) is 1.87. The number of piperazine rings is 1. The van der Waals surface area contributed by atoms with E-state index in [0.29, 0.717) is 5.69 Å². The van der Waals surface area contributed by atoms with Gasteiger partial charge in [-0.25, -0.2) is 0 Å². The molecule has 1 N–H and O–H groups in total. The zero-order valence-electron chi connectivity index (χ0n) is 9.10. The second-order valence-corrected chi connectivity index (χ2v) is 3.89. The molecule has 5 nitrogen and oxygen atoms in total. The van der Waals surface area contributed by atoms with Crippen molar-refractivity contribution in [3.63, 3.8) is 0 Å². The summed E-state index contributed by atoms with van der Waals surface area (Å²) in [5, 5.41) is 7.27. The molecule has 0 aliphatic carbocycles. The number of nitrogens with zero attached hydrogens (tertiary/aromatic N) is 3. The van der Waals surface area contributed by atoms with Crippen LogP contribution >= 0.6 is 0 Å². The van der Waals surface area contributed by atoms with Gasteiger partial charge in [0.15, 0.2) is 0 Å². The number of hydrogen-bond donors (Lipinski definition) is 1. The molecule has 5 heteroatoms. The van der Waals surface area contributed by atoms with Gasteiger partial charge in [-0.2, -0.15) is 5.10 Å². The van der Waals surface area contributed by atoms with Crippen molar-refractivity contribution in [1.82, 2.24) is 20.0 Å². The van der Waals surface area contributed by atoms with Crippen LogP contribution in [0.3, 0.4) is 0 Å². The Labute approximate surface area is 89.1 Å². The average Bonchev–Trinajstić information content (AvgIpc) is 2.64. The second-order valence-electron chi connectivity index (χ2n) is 3.89. The minimum atomic E-state index is 0.0731. The topological polar surface area (TPSA) is 50.2 Å². The fraction of sp³-hybridized carbons (Fsp3) is 0.600. The van der Waals surface area contributed by atoms with Crippen molar-refractivity contribution in [2.45, 2.75) is 13.0 Å². The lowest BCUT2D eigenvalue weighted by molar-refractivity contribution is 0.0644. The van der Waals surface area contributed by atoms with Gasteiger partial charge in [0.05, 0.1) is 0 Å². The highest BCUT2D eigenvalue weighted by Gasteiger charge is 2.25. The number of amides is 1. The van der Waals surface area contributed by atoms with Gasteiger partial charge < -0.3 is 10.2 Å². The van der Waals surface area contributed by atoms with Crippen molar-refractivity contribution < 1.29 is 4.79 Å². The molecule has 0 aromatic carbocycles. The molecule has 15 heavy (non-hydrogen) atoms. The quantitative estimate of drug-likeness (QED) is 0.698. The molecule has 1 aromatic heterocycles. The highest BCUT2D eigenvalue weighted by molar-refractivity contribution is 5.92. The maximum atomic E-state index is 12.1. The summed E-state index contributed by atoms with van der Waals surface area (Å²) >= 11 is 0. The monoisotopic (exact) mass is 208 g/mol. The largest absolute Gasteiger partial charge is 0.332 e. The van der Waals surface area contributed by atoms with Crippen molar-refractivity contribution in [2.75, 3.05) is 19.6 Å². The third-order valence-electron chi connectivity index (χ3n) is 2.80. The lowest BCUT2D eigenvalue weighted by Gasteiger charge is -2.33. The first kappa shape index (κ1) is 10.2. The number of nitrogens with one attached hydrogen (secondary N) is 1.